The molecule has 5 nitrogen and oxygen atoms in total. The van der Waals surface area contributed by atoms with Crippen molar-refractivity contribution in [2.24, 2.45) is 0 Å². The monoisotopic (exact) mass is 284 g/mol. The van der Waals surface area contributed by atoms with Crippen LogP contribution in [-0.4, -0.2) is 27.1 Å². The molecule has 8 heteroatoms. The van der Waals surface area contributed by atoms with Crippen LogP contribution in [0.1, 0.15) is 10.4 Å². The lowest BCUT2D eigenvalue weighted by Gasteiger charge is -2.04. The van der Waals surface area contributed by atoms with Crippen molar-refractivity contribution in [1.29, 1.82) is 0 Å². The van der Waals surface area contributed by atoms with Gasteiger partial charge in [-0.05, 0) is 6.26 Å². The Morgan fingerprint density at radius 1 is 1.53 bits per heavy atom. The zero-order chi connectivity index (χ0) is 12.3. The van der Waals surface area contributed by atoms with Crippen LogP contribution in [-0.2, 0) is 0 Å². The van der Waals surface area contributed by atoms with Crippen molar-refractivity contribution in [1.82, 2.24) is 15.0 Å². The fourth-order valence-corrected chi connectivity index (χ4v) is 2.25. The highest BCUT2D eigenvalue weighted by molar-refractivity contribution is 7.98. The lowest BCUT2D eigenvalue weighted by Crippen LogP contribution is -2.13. The molecule has 2 aromatic heterocycles. The first kappa shape index (κ1) is 12.3. The molecule has 0 bridgehead atoms. The van der Waals surface area contributed by atoms with Gasteiger partial charge in [-0.1, -0.05) is 11.8 Å². The summed E-state index contributed by atoms with van der Waals surface area (Å²) in [4.78, 5) is 23.9. The molecule has 88 valence electrons. The zero-order valence-corrected chi connectivity index (χ0v) is 11.3. The maximum absolute atomic E-state index is 11.9. The molecule has 17 heavy (non-hydrogen) atoms. The van der Waals surface area contributed by atoms with Crippen LogP contribution in [0.4, 0.5) is 5.13 Å². The van der Waals surface area contributed by atoms with Crippen molar-refractivity contribution in [3.8, 4) is 0 Å². The lowest BCUT2D eigenvalue weighted by molar-refractivity contribution is 0.102. The first-order valence-corrected chi connectivity index (χ1v) is 7.06. The summed E-state index contributed by atoms with van der Waals surface area (Å²) < 4.78 is 0. The smallest absolute Gasteiger partial charge is 0.261 e. The van der Waals surface area contributed by atoms with Gasteiger partial charge in [0.15, 0.2) is 10.3 Å². The Balaban J connectivity index is 2.19. The van der Waals surface area contributed by atoms with Gasteiger partial charge in [0.05, 0.1) is 5.56 Å². The number of thiazole rings is 1. The molecule has 0 radical (unpaired) electrons. The summed E-state index contributed by atoms with van der Waals surface area (Å²) in [5, 5.41) is 5.91. The largest absolute Gasteiger partial charge is 0.298 e. The van der Waals surface area contributed by atoms with Gasteiger partial charge in [0.2, 0.25) is 0 Å². The van der Waals surface area contributed by atoms with Gasteiger partial charge in [0.25, 0.3) is 5.91 Å². The standard InChI is InChI=1S/C9H8N4OS3/c1-16-8-11-4-5(7(15)13-8)6(14)12-9-10-2-3-17-9/h2-4H,1H3,(H,10,12,14)(H,11,13,15). The number of rotatable bonds is 3. The third kappa shape index (κ3) is 2.96. The number of nitrogens with zero attached hydrogens (tertiary/aromatic N) is 3. The van der Waals surface area contributed by atoms with Crippen molar-refractivity contribution in [3.63, 3.8) is 0 Å². The normalized spacial score (nSPS) is 10.2. The van der Waals surface area contributed by atoms with Crippen LogP contribution < -0.4 is 5.32 Å². The molecule has 0 saturated carbocycles. The van der Waals surface area contributed by atoms with Gasteiger partial charge in [-0.25, -0.2) is 15.0 Å². The van der Waals surface area contributed by atoms with E-state index >= 15 is 0 Å². The van der Waals surface area contributed by atoms with E-state index in [1.54, 1.807) is 11.6 Å². The van der Waals surface area contributed by atoms with Crippen molar-refractivity contribution in [2.45, 2.75) is 10.2 Å². The summed E-state index contributed by atoms with van der Waals surface area (Å²) in [6.45, 7) is 0. The number of amides is 1. The molecule has 0 fully saturated rings. The molecule has 1 N–H and O–H groups in total. The van der Waals surface area contributed by atoms with Crippen LogP contribution in [0, 0.1) is 0 Å². The Bertz CT molecular complexity index is 529. The van der Waals surface area contributed by atoms with E-state index < -0.39 is 0 Å². The molecule has 0 atom stereocenters. The Labute approximate surface area is 112 Å². The topological polar surface area (TPSA) is 67.8 Å². The summed E-state index contributed by atoms with van der Waals surface area (Å²) in [5.41, 5.74) is 0.335. The van der Waals surface area contributed by atoms with Gasteiger partial charge in [0.1, 0.15) is 5.03 Å². The van der Waals surface area contributed by atoms with Crippen molar-refractivity contribution >= 4 is 46.8 Å². The van der Waals surface area contributed by atoms with Crippen LogP contribution in [0.3, 0.4) is 0 Å². The van der Waals surface area contributed by atoms with E-state index in [4.69, 9.17) is 0 Å². The van der Waals surface area contributed by atoms with Crippen LogP contribution in [0.2, 0.25) is 0 Å². The summed E-state index contributed by atoms with van der Waals surface area (Å²) in [5.74, 6) is -0.308. The molecule has 2 rings (SSSR count). The predicted octanol–water partition coefficient (Wildman–Crippen LogP) is 2.20. The number of hydrogen-bond acceptors (Lipinski definition) is 7. The summed E-state index contributed by atoms with van der Waals surface area (Å²) in [7, 11) is 0. The van der Waals surface area contributed by atoms with Gasteiger partial charge in [-0.3, -0.25) is 10.1 Å². The molecular formula is C9H8N4OS3. The number of nitrogens with one attached hydrogen (secondary N) is 1. The summed E-state index contributed by atoms with van der Waals surface area (Å²) in [6.07, 6.45) is 4.94. The third-order valence-corrected chi connectivity index (χ3v) is 3.42. The average molecular weight is 284 g/mol. The minimum absolute atomic E-state index is 0.308. The number of hydrogen-bond donors (Lipinski definition) is 2. The van der Waals surface area contributed by atoms with Crippen molar-refractivity contribution in [3.05, 3.63) is 23.3 Å². The molecule has 0 aliphatic carbocycles. The van der Waals surface area contributed by atoms with Crippen LogP contribution in [0.15, 0.2) is 28.0 Å². The Morgan fingerprint density at radius 2 is 2.35 bits per heavy atom. The van der Waals surface area contributed by atoms with E-state index in [-0.39, 0.29) is 5.91 Å². The second kappa shape index (κ2) is 5.48. The van der Waals surface area contributed by atoms with Crippen LogP contribution >= 0.6 is 35.7 Å². The molecule has 2 aromatic rings. The maximum Gasteiger partial charge on any atom is 0.261 e. The van der Waals surface area contributed by atoms with E-state index in [1.807, 2.05) is 6.26 Å². The van der Waals surface area contributed by atoms with Crippen LogP contribution in [0.5, 0.6) is 0 Å². The first-order chi connectivity index (χ1) is 8.20. The molecule has 0 saturated heterocycles. The van der Waals surface area contributed by atoms with E-state index in [9.17, 15) is 4.79 Å². The zero-order valence-electron chi connectivity index (χ0n) is 8.75. The minimum Gasteiger partial charge on any atom is -0.298 e. The highest BCUT2D eigenvalue weighted by Gasteiger charge is 2.13. The minimum atomic E-state index is -0.308. The molecule has 0 aliphatic heterocycles. The van der Waals surface area contributed by atoms with E-state index in [0.29, 0.717) is 20.9 Å². The molecule has 0 aromatic carbocycles. The van der Waals surface area contributed by atoms with E-state index in [0.717, 1.165) is 0 Å². The lowest BCUT2D eigenvalue weighted by atomic mass is 10.3. The number of thioether (sulfide) groups is 1. The summed E-state index contributed by atoms with van der Waals surface area (Å²) in [6, 6.07) is 0. The molecule has 2 heterocycles. The van der Waals surface area contributed by atoms with E-state index in [2.05, 4.69) is 32.9 Å². The average Bonchev–Trinajstić information content (AvgIpc) is 2.81. The number of carbonyl (C=O) groups is 1. The van der Waals surface area contributed by atoms with Gasteiger partial charge >= 0.3 is 0 Å². The SMILES string of the molecule is CSc1ncc(C(=O)Nc2nccs2)c(S)n1. The molecule has 1 amide bonds. The quantitative estimate of drug-likeness (QED) is 0.391. The third-order valence-electron chi connectivity index (χ3n) is 1.83. The maximum atomic E-state index is 11.9. The Kier molecular flexibility index (Phi) is 3.97. The second-order valence-corrected chi connectivity index (χ2v) is 4.98. The number of anilines is 1. The van der Waals surface area contributed by atoms with Gasteiger partial charge < -0.3 is 0 Å². The fourth-order valence-electron chi connectivity index (χ4n) is 1.07. The fraction of sp³-hybridized carbons (Fsp3) is 0.111. The first-order valence-electron chi connectivity index (χ1n) is 4.51. The van der Waals surface area contributed by atoms with Gasteiger partial charge in [0, 0.05) is 17.8 Å². The number of carbonyl (C=O) groups excluding carboxylic acids is 1. The van der Waals surface area contributed by atoms with E-state index in [1.165, 1.54) is 29.3 Å². The van der Waals surface area contributed by atoms with Crippen molar-refractivity contribution in [2.75, 3.05) is 11.6 Å². The van der Waals surface area contributed by atoms with Gasteiger partial charge in [-0.2, -0.15) is 0 Å². The Morgan fingerprint density at radius 3 is 2.94 bits per heavy atom. The van der Waals surface area contributed by atoms with Crippen molar-refractivity contribution < 1.29 is 4.79 Å². The predicted molar refractivity (Wildman–Crippen MR) is 71.1 cm³/mol. The molecule has 0 unspecified atom stereocenters. The number of thiol groups is 1. The van der Waals surface area contributed by atoms with Crippen LogP contribution in [0.25, 0.3) is 0 Å². The summed E-state index contributed by atoms with van der Waals surface area (Å²) >= 11 is 6.91. The highest BCUT2D eigenvalue weighted by Crippen LogP contribution is 2.17. The molecule has 0 aliphatic rings. The van der Waals surface area contributed by atoms with Gasteiger partial charge in [-0.15, -0.1) is 24.0 Å². The second-order valence-electron chi connectivity index (χ2n) is 2.89. The molecule has 0 spiro atoms. The highest BCUT2D eigenvalue weighted by atomic mass is 32.2. The molecular weight excluding hydrogens is 276 g/mol. The Hall–Kier alpha value is -1.12. The number of aromatic nitrogens is 3.